The number of hydrogen-bond acceptors (Lipinski definition) is 4. The number of methoxy groups -OCH3 is 1. The molecule has 1 N–H and O–H groups in total. The second-order valence-corrected chi connectivity index (χ2v) is 5.69. The van der Waals surface area contributed by atoms with Crippen LogP contribution in [0.3, 0.4) is 0 Å². The van der Waals surface area contributed by atoms with E-state index in [1.807, 2.05) is 23.2 Å². The first-order valence-corrected chi connectivity index (χ1v) is 7.60. The average molecular weight is 291 g/mol. The highest BCUT2D eigenvalue weighted by Gasteiger charge is 2.28. The topological polar surface area (TPSA) is 54.5 Å². The lowest BCUT2D eigenvalue weighted by Gasteiger charge is -2.32. The van der Waals surface area contributed by atoms with Crippen LogP contribution in [0.4, 0.5) is 0 Å². The van der Waals surface area contributed by atoms with Gasteiger partial charge in [-0.3, -0.25) is 9.78 Å². The van der Waals surface area contributed by atoms with E-state index < -0.39 is 0 Å². The third-order valence-electron chi connectivity index (χ3n) is 3.95. The first-order valence-electron chi connectivity index (χ1n) is 7.60. The molecule has 2 atom stereocenters. The van der Waals surface area contributed by atoms with E-state index in [0.29, 0.717) is 25.7 Å². The zero-order valence-electron chi connectivity index (χ0n) is 12.9. The van der Waals surface area contributed by atoms with Gasteiger partial charge in [-0.1, -0.05) is 6.07 Å². The highest BCUT2D eigenvalue weighted by atomic mass is 16.5. The smallest absolute Gasteiger partial charge is 0.226 e. The van der Waals surface area contributed by atoms with Gasteiger partial charge in [-0.25, -0.2) is 0 Å². The van der Waals surface area contributed by atoms with Crippen molar-refractivity contribution in [1.29, 1.82) is 0 Å². The van der Waals surface area contributed by atoms with Gasteiger partial charge in [0.15, 0.2) is 0 Å². The molecule has 0 bridgehead atoms. The SMILES string of the molecule is COCCN(Cc1cccnc1)C(=O)[C@H]1CCN[C@@H](C)C1. The zero-order chi connectivity index (χ0) is 15.1. The van der Waals surface area contributed by atoms with Crippen LogP contribution in [0.5, 0.6) is 0 Å². The minimum atomic E-state index is 0.120. The van der Waals surface area contributed by atoms with Crippen LogP contribution in [0.1, 0.15) is 25.3 Å². The molecular weight excluding hydrogens is 266 g/mol. The second-order valence-electron chi connectivity index (χ2n) is 5.69. The Bertz CT molecular complexity index is 438. The maximum Gasteiger partial charge on any atom is 0.226 e. The number of rotatable bonds is 6. The number of hydrogen-bond donors (Lipinski definition) is 1. The molecule has 0 unspecified atom stereocenters. The Kier molecular flexibility index (Phi) is 6.14. The van der Waals surface area contributed by atoms with Gasteiger partial charge in [0.1, 0.15) is 0 Å². The lowest BCUT2D eigenvalue weighted by molar-refractivity contribution is -0.138. The lowest BCUT2D eigenvalue weighted by Crippen LogP contribution is -2.44. The van der Waals surface area contributed by atoms with E-state index in [0.717, 1.165) is 24.9 Å². The van der Waals surface area contributed by atoms with Crippen molar-refractivity contribution in [3.63, 3.8) is 0 Å². The molecule has 21 heavy (non-hydrogen) atoms. The van der Waals surface area contributed by atoms with E-state index in [2.05, 4.69) is 17.2 Å². The van der Waals surface area contributed by atoms with Crippen LogP contribution in [-0.4, -0.2) is 48.6 Å². The molecule has 1 aromatic rings. The maximum absolute atomic E-state index is 12.8. The molecule has 1 saturated heterocycles. The molecule has 116 valence electrons. The van der Waals surface area contributed by atoms with Crippen LogP contribution in [0.15, 0.2) is 24.5 Å². The molecule has 0 aromatic carbocycles. The van der Waals surface area contributed by atoms with Crippen molar-refractivity contribution in [2.24, 2.45) is 5.92 Å². The Morgan fingerprint density at radius 2 is 2.43 bits per heavy atom. The van der Waals surface area contributed by atoms with Crippen molar-refractivity contribution in [2.45, 2.75) is 32.4 Å². The van der Waals surface area contributed by atoms with Crippen molar-refractivity contribution in [2.75, 3.05) is 26.8 Å². The third kappa shape index (κ3) is 4.79. The Morgan fingerprint density at radius 3 is 3.10 bits per heavy atom. The fraction of sp³-hybridized carbons (Fsp3) is 0.625. The van der Waals surface area contributed by atoms with Crippen molar-refractivity contribution in [3.8, 4) is 0 Å². The highest BCUT2D eigenvalue weighted by Crippen LogP contribution is 2.20. The predicted molar refractivity (Wildman–Crippen MR) is 81.7 cm³/mol. The van der Waals surface area contributed by atoms with Gasteiger partial charge in [0.05, 0.1) is 6.61 Å². The van der Waals surface area contributed by atoms with Gasteiger partial charge in [0.25, 0.3) is 0 Å². The largest absolute Gasteiger partial charge is 0.383 e. The van der Waals surface area contributed by atoms with Crippen molar-refractivity contribution in [3.05, 3.63) is 30.1 Å². The Hall–Kier alpha value is -1.46. The van der Waals surface area contributed by atoms with Crippen molar-refractivity contribution < 1.29 is 9.53 Å². The summed E-state index contributed by atoms with van der Waals surface area (Å²) in [5.41, 5.74) is 1.06. The maximum atomic E-state index is 12.8. The Morgan fingerprint density at radius 1 is 1.57 bits per heavy atom. The quantitative estimate of drug-likeness (QED) is 0.862. The van der Waals surface area contributed by atoms with Gasteiger partial charge in [-0.2, -0.15) is 0 Å². The summed E-state index contributed by atoms with van der Waals surface area (Å²) in [6.07, 6.45) is 5.40. The molecule has 1 aliphatic rings. The summed E-state index contributed by atoms with van der Waals surface area (Å²) in [6, 6.07) is 4.32. The molecule has 1 aliphatic heterocycles. The summed E-state index contributed by atoms with van der Waals surface area (Å²) in [4.78, 5) is 18.8. The first-order chi connectivity index (χ1) is 10.2. The van der Waals surface area contributed by atoms with E-state index in [4.69, 9.17) is 4.74 Å². The van der Waals surface area contributed by atoms with Gasteiger partial charge in [0, 0.05) is 44.6 Å². The van der Waals surface area contributed by atoms with E-state index in [-0.39, 0.29) is 11.8 Å². The van der Waals surface area contributed by atoms with Crippen LogP contribution in [-0.2, 0) is 16.1 Å². The normalized spacial score (nSPS) is 22.0. The van der Waals surface area contributed by atoms with Crippen LogP contribution in [0.2, 0.25) is 0 Å². The fourth-order valence-corrected chi connectivity index (χ4v) is 2.80. The molecule has 0 aliphatic carbocycles. The number of ether oxygens (including phenoxy) is 1. The number of nitrogens with one attached hydrogen (secondary N) is 1. The minimum absolute atomic E-state index is 0.120. The van der Waals surface area contributed by atoms with Crippen LogP contribution in [0, 0.1) is 5.92 Å². The molecule has 1 amide bonds. The Labute approximate surface area is 126 Å². The number of piperidine rings is 1. The summed E-state index contributed by atoms with van der Waals surface area (Å²) in [5, 5.41) is 3.39. The summed E-state index contributed by atoms with van der Waals surface area (Å²) < 4.78 is 5.15. The molecule has 0 saturated carbocycles. The second kappa shape index (κ2) is 8.10. The number of aromatic nitrogens is 1. The van der Waals surface area contributed by atoms with Gasteiger partial charge < -0.3 is 15.0 Å². The molecule has 5 nitrogen and oxygen atoms in total. The zero-order valence-corrected chi connectivity index (χ0v) is 12.9. The van der Waals surface area contributed by atoms with E-state index in [9.17, 15) is 4.79 Å². The monoisotopic (exact) mass is 291 g/mol. The van der Waals surface area contributed by atoms with Gasteiger partial charge in [-0.15, -0.1) is 0 Å². The van der Waals surface area contributed by atoms with E-state index in [1.54, 1.807) is 13.3 Å². The number of amides is 1. The highest BCUT2D eigenvalue weighted by molar-refractivity contribution is 5.79. The molecule has 0 radical (unpaired) electrons. The summed E-state index contributed by atoms with van der Waals surface area (Å²) in [6.45, 7) is 4.85. The van der Waals surface area contributed by atoms with Crippen LogP contribution >= 0.6 is 0 Å². The lowest BCUT2D eigenvalue weighted by atomic mass is 9.92. The average Bonchev–Trinajstić information content (AvgIpc) is 2.51. The molecule has 5 heteroatoms. The van der Waals surface area contributed by atoms with Crippen molar-refractivity contribution in [1.82, 2.24) is 15.2 Å². The van der Waals surface area contributed by atoms with Gasteiger partial charge in [0.2, 0.25) is 5.91 Å². The Balaban J connectivity index is 2.02. The molecule has 2 rings (SSSR count). The van der Waals surface area contributed by atoms with E-state index in [1.165, 1.54) is 0 Å². The van der Waals surface area contributed by atoms with Crippen molar-refractivity contribution >= 4 is 5.91 Å². The first kappa shape index (κ1) is 15.9. The van der Waals surface area contributed by atoms with E-state index >= 15 is 0 Å². The summed E-state index contributed by atoms with van der Waals surface area (Å²) in [7, 11) is 1.67. The molecule has 1 aromatic heterocycles. The molecule has 0 spiro atoms. The summed E-state index contributed by atoms with van der Waals surface area (Å²) in [5.74, 6) is 0.360. The number of carbonyl (C=O) groups is 1. The third-order valence-corrected chi connectivity index (χ3v) is 3.95. The molecular formula is C16H25N3O2. The van der Waals surface area contributed by atoms with Gasteiger partial charge >= 0.3 is 0 Å². The van der Waals surface area contributed by atoms with Crippen LogP contribution < -0.4 is 5.32 Å². The summed E-state index contributed by atoms with van der Waals surface area (Å²) >= 11 is 0. The van der Waals surface area contributed by atoms with Crippen LogP contribution in [0.25, 0.3) is 0 Å². The number of nitrogens with zero attached hydrogens (tertiary/aromatic N) is 2. The van der Waals surface area contributed by atoms with Gasteiger partial charge in [-0.05, 0) is 37.9 Å². The fourth-order valence-electron chi connectivity index (χ4n) is 2.80. The minimum Gasteiger partial charge on any atom is -0.383 e. The predicted octanol–water partition coefficient (Wildman–Crippen LogP) is 1.44. The standard InChI is InChI=1S/C16H25N3O2/c1-13-10-15(5-7-18-13)16(20)19(8-9-21-2)12-14-4-3-6-17-11-14/h3-4,6,11,13,15,18H,5,7-10,12H2,1-2H3/t13-,15-/m0/s1. The number of carbonyl (C=O) groups excluding carboxylic acids is 1. The molecule has 1 fully saturated rings. The number of pyridine rings is 1. The molecule has 2 heterocycles.